The second kappa shape index (κ2) is 8.15. The highest BCUT2D eigenvalue weighted by Gasteiger charge is 2.17. The third-order valence-corrected chi connectivity index (χ3v) is 4.63. The SMILES string of the molecule is CC(C(=O)Nc1cccc(CCl)c1)c1ccc(-c2ccccc2)c(F)c1. The normalized spacial score (nSPS) is 11.8. The van der Waals surface area contributed by atoms with E-state index in [-0.39, 0.29) is 11.7 Å². The van der Waals surface area contributed by atoms with Gasteiger partial charge in [0.15, 0.2) is 0 Å². The second-order valence-corrected chi connectivity index (χ2v) is 6.42. The highest BCUT2D eigenvalue weighted by molar-refractivity contribution is 6.17. The van der Waals surface area contributed by atoms with Crippen LogP contribution >= 0.6 is 11.6 Å². The molecule has 0 radical (unpaired) electrons. The maximum absolute atomic E-state index is 14.5. The summed E-state index contributed by atoms with van der Waals surface area (Å²) in [6, 6.07) is 21.7. The van der Waals surface area contributed by atoms with Crippen LogP contribution in [-0.4, -0.2) is 5.91 Å². The third kappa shape index (κ3) is 4.12. The van der Waals surface area contributed by atoms with Gasteiger partial charge in [0.05, 0.1) is 5.92 Å². The number of nitrogens with one attached hydrogen (secondary N) is 1. The Morgan fingerprint density at radius 1 is 1.04 bits per heavy atom. The molecule has 1 unspecified atom stereocenters. The summed E-state index contributed by atoms with van der Waals surface area (Å²) in [7, 11) is 0. The van der Waals surface area contributed by atoms with E-state index in [0.717, 1.165) is 11.1 Å². The van der Waals surface area contributed by atoms with Gasteiger partial charge in [0.1, 0.15) is 5.82 Å². The van der Waals surface area contributed by atoms with Crippen LogP contribution in [0.3, 0.4) is 0 Å². The minimum absolute atomic E-state index is 0.191. The fourth-order valence-corrected chi connectivity index (χ4v) is 2.95. The van der Waals surface area contributed by atoms with Crippen LogP contribution in [0.5, 0.6) is 0 Å². The minimum atomic E-state index is -0.478. The van der Waals surface area contributed by atoms with Crippen LogP contribution in [0.2, 0.25) is 0 Å². The van der Waals surface area contributed by atoms with Crippen molar-refractivity contribution in [1.82, 2.24) is 0 Å². The first-order chi connectivity index (χ1) is 12.6. The zero-order valence-electron chi connectivity index (χ0n) is 14.4. The summed E-state index contributed by atoms with van der Waals surface area (Å²) in [4.78, 5) is 12.5. The molecule has 0 bridgehead atoms. The number of carbonyl (C=O) groups excluding carboxylic acids is 1. The number of anilines is 1. The van der Waals surface area contributed by atoms with Gasteiger partial charge in [-0.2, -0.15) is 0 Å². The van der Waals surface area contributed by atoms with Gasteiger partial charge in [-0.05, 0) is 41.8 Å². The van der Waals surface area contributed by atoms with Gasteiger partial charge in [-0.25, -0.2) is 4.39 Å². The number of amides is 1. The molecule has 0 aliphatic rings. The van der Waals surface area contributed by atoms with Gasteiger partial charge in [-0.1, -0.05) is 54.6 Å². The Balaban J connectivity index is 1.77. The lowest BCUT2D eigenvalue weighted by molar-refractivity contribution is -0.117. The molecule has 0 saturated carbocycles. The Kier molecular flexibility index (Phi) is 5.69. The Hall–Kier alpha value is -2.65. The average molecular weight is 368 g/mol. The quantitative estimate of drug-likeness (QED) is 0.553. The van der Waals surface area contributed by atoms with E-state index in [1.807, 2.05) is 48.5 Å². The zero-order chi connectivity index (χ0) is 18.5. The summed E-state index contributed by atoms with van der Waals surface area (Å²) >= 11 is 5.82. The van der Waals surface area contributed by atoms with Gasteiger partial charge in [0.2, 0.25) is 5.91 Å². The van der Waals surface area contributed by atoms with Crippen molar-refractivity contribution in [1.29, 1.82) is 0 Å². The first-order valence-electron chi connectivity index (χ1n) is 8.39. The second-order valence-electron chi connectivity index (χ2n) is 6.15. The number of hydrogen-bond acceptors (Lipinski definition) is 1. The van der Waals surface area contributed by atoms with Crippen molar-refractivity contribution in [2.24, 2.45) is 0 Å². The maximum atomic E-state index is 14.5. The molecule has 0 spiro atoms. The average Bonchev–Trinajstić information content (AvgIpc) is 2.68. The van der Waals surface area contributed by atoms with E-state index in [2.05, 4.69) is 5.32 Å². The summed E-state index contributed by atoms with van der Waals surface area (Å²) in [6.07, 6.45) is 0. The van der Waals surface area contributed by atoms with E-state index < -0.39 is 5.92 Å². The van der Waals surface area contributed by atoms with Crippen molar-refractivity contribution in [3.63, 3.8) is 0 Å². The molecule has 4 heteroatoms. The predicted octanol–water partition coefficient (Wildman–Crippen LogP) is 5.97. The van der Waals surface area contributed by atoms with Crippen molar-refractivity contribution < 1.29 is 9.18 Å². The molecule has 3 aromatic rings. The van der Waals surface area contributed by atoms with Crippen LogP contribution < -0.4 is 5.32 Å². The van der Waals surface area contributed by atoms with E-state index in [0.29, 0.717) is 22.7 Å². The van der Waals surface area contributed by atoms with Gasteiger partial charge >= 0.3 is 0 Å². The first-order valence-corrected chi connectivity index (χ1v) is 8.92. The van der Waals surface area contributed by atoms with E-state index >= 15 is 0 Å². The molecule has 1 atom stereocenters. The summed E-state index contributed by atoms with van der Waals surface area (Å²) in [5.74, 6) is -0.624. The Morgan fingerprint density at radius 3 is 2.50 bits per heavy atom. The molecule has 0 aliphatic heterocycles. The number of alkyl halides is 1. The molecule has 0 heterocycles. The van der Waals surface area contributed by atoms with Crippen LogP contribution in [0.15, 0.2) is 72.8 Å². The van der Waals surface area contributed by atoms with E-state index in [9.17, 15) is 9.18 Å². The Morgan fingerprint density at radius 2 is 1.81 bits per heavy atom. The lowest BCUT2D eigenvalue weighted by Gasteiger charge is -2.14. The Bertz CT molecular complexity index is 911. The number of benzene rings is 3. The van der Waals surface area contributed by atoms with E-state index in [1.54, 1.807) is 25.1 Å². The van der Waals surface area contributed by atoms with Gasteiger partial charge in [-0.3, -0.25) is 4.79 Å². The van der Waals surface area contributed by atoms with Gasteiger partial charge in [-0.15, -0.1) is 11.6 Å². The van der Waals surface area contributed by atoms with E-state index in [1.165, 1.54) is 6.07 Å². The first kappa shape index (κ1) is 18.2. The van der Waals surface area contributed by atoms with Crippen molar-refractivity contribution in [3.8, 4) is 11.1 Å². The molecule has 3 aromatic carbocycles. The van der Waals surface area contributed by atoms with Crippen molar-refractivity contribution in [2.45, 2.75) is 18.7 Å². The zero-order valence-corrected chi connectivity index (χ0v) is 15.1. The summed E-state index contributed by atoms with van der Waals surface area (Å²) in [6.45, 7) is 1.76. The summed E-state index contributed by atoms with van der Waals surface area (Å²) in [5.41, 5.74) is 3.58. The fraction of sp³-hybridized carbons (Fsp3) is 0.136. The summed E-state index contributed by atoms with van der Waals surface area (Å²) < 4.78 is 14.5. The smallest absolute Gasteiger partial charge is 0.231 e. The van der Waals surface area contributed by atoms with Crippen LogP contribution in [0.4, 0.5) is 10.1 Å². The predicted molar refractivity (Wildman–Crippen MR) is 105 cm³/mol. The highest BCUT2D eigenvalue weighted by Crippen LogP contribution is 2.27. The number of rotatable bonds is 5. The lowest BCUT2D eigenvalue weighted by Crippen LogP contribution is -2.19. The molecule has 0 fully saturated rings. The molecule has 3 rings (SSSR count). The minimum Gasteiger partial charge on any atom is -0.326 e. The molecule has 0 aromatic heterocycles. The highest BCUT2D eigenvalue weighted by atomic mass is 35.5. The number of halogens is 2. The van der Waals surface area contributed by atoms with Gasteiger partial charge in [0.25, 0.3) is 0 Å². The Labute approximate surface area is 157 Å². The molecule has 0 saturated heterocycles. The van der Waals surface area contributed by atoms with E-state index in [4.69, 9.17) is 11.6 Å². The monoisotopic (exact) mass is 367 g/mol. The maximum Gasteiger partial charge on any atom is 0.231 e. The molecule has 26 heavy (non-hydrogen) atoms. The van der Waals surface area contributed by atoms with Crippen LogP contribution in [0.1, 0.15) is 24.0 Å². The topological polar surface area (TPSA) is 29.1 Å². The fourth-order valence-electron chi connectivity index (χ4n) is 2.79. The third-order valence-electron chi connectivity index (χ3n) is 4.32. The van der Waals surface area contributed by atoms with Crippen molar-refractivity contribution in [3.05, 3.63) is 89.7 Å². The molecule has 0 aliphatic carbocycles. The molecule has 132 valence electrons. The standard InChI is InChI=1S/C22H19ClFNO/c1-15(22(26)25-19-9-5-6-16(12-19)14-23)18-10-11-20(21(24)13-18)17-7-3-2-4-8-17/h2-13,15H,14H2,1H3,(H,25,26). The summed E-state index contributed by atoms with van der Waals surface area (Å²) in [5, 5.41) is 2.86. The number of hydrogen-bond donors (Lipinski definition) is 1. The lowest BCUT2D eigenvalue weighted by atomic mass is 9.96. The van der Waals surface area contributed by atoms with Gasteiger partial charge < -0.3 is 5.32 Å². The largest absolute Gasteiger partial charge is 0.326 e. The van der Waals surface area contributed by atoms with Crippen LogP contribution in [0.25, 0.3) is 11.1 Å². The van der Waals surface area contributed by atoms with Crippen LogP contribution in [0, 0.1) is 5.82 Å². The van der Waals surface area contributed by atoms with Crippen molar-refractivity contribution >= 4 is 23.2 Å². The molecular weight excluding hydrogens is 349 g/mol. The van der Waals surface area contributed by atoms with Crippen LogP contribution in [-0.2, 0) is 10.7 Å². The molecular formula is C22H19ClFNO. The van der Waals surface area contributed by atoms with Crippen molar-refractivity contribution in [2.75, 3.05) is 5.32 Å². The molecule has 2 nitrogen and oxygen atoms in total. The molecule has 1 amide bonds. The number of carbonyl (C=O) groups is 1. The molecule has 1 N–H and O–H groups in total. The van der Waals surface area contributed by atoms with Gasteiger partial charge in [0, 0.05) is 17.1 Å².